The molecule has 0 aliphatic carbocycles. The lowest BCUT2D eigenvalue weighted by molar-refractivity contribution is -0.143. The second kappa shape index (κ2) is 15.1. The van der Waals surface area contributed by atoms with Gasteiger partial charge < -0.3 is 25.4 Å². The monoisotopic (exact) mass is 539 g/mol. The summed E-state index contributed by atoms with van der Waals surface area (Å²) in [7, 11) is 0. The van der Waals surface area contributed by atoms with E-state index in [-0.39, 0.29) is 30.0 Å². The molecule has 0 saturated heterocycles. The number of hydrogen-bond donors (Lipinski definition) is 3. The zero-order valence-corrected chi connectivity index (χ0v) is 24.2. The van der Waals surface area contributed by atoms with Crippen molar-refractivity contribution in [1.82, 2.24) is 15.5 Å². The lowest BCUT2D eigenvalue weighted by Gasteiger charge is -2.35. The van der Waals surface area contributed by atoms with Crippen LogP contribution in [0.15, 0.2) is 54.6 Å². The number of rotatable bonds is 13. The minimum absolute atomic E-state index is 0.0000677. The second-order valence-electron chi connectivity index (χ2n) is 11.3. The molecule has 2 rings (SSSR count). The van der Waals surface area contributed by atoms with Crippen LogP contribution < -0.4 is 10.6 Å². The molecule has 3 amide bonds. The lowest BCUT2D eigenvalue weighted by Crippen LogP contribution is -2.53. The normalized spacial score (nSPS) is 12.9. The largest absolute Gasteiger partial charge is 0.508 e. The molecular formula is C31H45N3O5. The summed E-state index contributed by atoms with van der Waals surface area (Å²) in [5.41, 5.74) is 0.692. The number of hydrogen-bond acceptors (Lipinski definition) is 5. The Morgan fingerprint density at radius 3 is 2.28 bits per heavy atom. The average molecular weight is 540 g/mol. The van der Waals surface area contributed by atoms with Gasteiger partial charge in [-0.2, -0.15) is 0 Å². The molecule has 0 aliphatic heterocycles. The van der Waals surface area contributed by atoms with Gasteiger partial charge in [0.1, 0.15) is 23.4 Å². The number of ether oxygens (including phenoxy) is 1. The minimum atomic E-state index is -1.000. The van der Waals surface area contributed by atoms with Crippen LogP contribution in [0.5, 0.6) is 5.75 Å². The summed E-state index contributed by atoms with van der Waals surface area (Å²) in [6, 6.07) is 14.1. The van der Waals surface area contributed by atoms with Crippen LogP contribution in [0.25, 0.3) is 0 Å². The molecule has 39 heavy (non-hydrogen) atoms. The summed E-state index contributed by atoms with van der Waals surface area (Å²) in [5, 5.41) is 16.0. The number of phenols is 1. The summed E-state index contributed by atoms with van der Waals surface area (Å²) in [6.07, 6.45) is 2.18. The van der Waals surface area contributed by atoms with E-state index in [1.54, 1.807) is 32.9 Å². The van der Waals surface area contributed by atoms with E-state index in [1.165, 1.54) is 17.0 Å². The van der Waals surface area contributed by atoms with Crippen molar-refractivity contribution in [3.63, 3.8) is 0 Å². The fraction of sp³-hybridized carbons (Fsp3) is 0.516. The predicted octanol–water partition coefficient (Wildman–Crippen LogP) is 5.71. The Bertz CT molecular complexity index is 1070. The van der Waals surface area contributed by atoms with E-state index >= 15 is 0 Å². The van der Waals surface area contributed by atoms with Crippen LogP contribution in [0.3, 0.4) is 0 Å². The molecule has 8 nitrogen and oxygen atoms in total. The van der Waals surface area contributed by atoms with Gasteiger partial charge in [0.2, 0.25) is 11.8 Å². The van der Waals surface area contributed by atoms with Crippen molar-refractivity contribution >= 4 is 17.9 Å². The summed E-state index contributed by atoms with van der Waals surface area (Å²) in [6.45, 7) is 11.9. The molecule has 3 N–H and O–H groups in total. The van der Waals surface area contributed by atoms with Gasteiger partial charge in [0.05, 0.1) is 0 Å². The van der Waals surface area contributed by atoms with Gasteiger partial charge in [0.15, 0.2) is 0 Å². The number of nitrogens with one attached hydrogen (secondary N) is 2. The zero-order valence-electron chi connectivity index (χ0n) is 24.2. The molecule has 8 heteroatoms. The van der Waals surface area contributed by atoms with E-state index in [0.717, 1.165) is 18.4 Å². The molecule has 0 aliphatic rings. The molecule has 2 atom stereocenters. The third kappa shape index (κ3) is 11.0. The van der Waals surface area contributed by atoms with Crippen LogP contribution in [-0.2, 0) is 20.9 Å². The van der Waals surface area contributed by atoms with Gasteiger partial charge in [-0.05, 0) is 62.8 Å². The average Bonchev–Trinajstić information content (AvgIpc) is 2.85. The van der Waals surface area contributed by atoms with E-state index in [2.05, 4.69) is 17.6 Å². The maximum absolute atomic E-state index is 14.2. The number of carbonyl (C=O) groups is 3. The molecule has 0 heterocycles. The van der Waals surface area contributed by atoms with Crippen LogP contribution in [0.1, 0.15) is 84.4 Å². The van der Waals surface area contributed by atoms with E-state index in [4.69, 9.17) is 4.74 Å². The van der Waals surface area contributed by atoms with Gasteiger partial charge in [0.25, 0.3) is 0 Å². The molecule has 2 aromatic rings. The Labute approximate surface area is 233 Å². The number of amides is 3. The van der Waals surface area contributed by atoms with E-state index < -0.39 is 23.8 Å². The topological polar surface area (TPSA) is 108 Å². The summed E-state index contributed by atoms with van der Waals surface area (Å²) < 4.78 is 5.44. The van der Waals surface area contributed by atoms with Gasteiger partial charge in [-0.25, -0.2) is 4.79 Å². The standard InChI is InChI=1S/C31H45N3O5/c1-7-8-12-18-34(29(37)26(19-22(2)3)33-30(38)39-31(4,5)6)27(24-16-13-17-25(35)20-24)28(36)32-21-23-14-10-9-11-15-23/h9-11,13-17,20,22,26-27,35H,7-8,12,18-19,21H2,1-6H3,(H,32,36)(H,33,38). The van der Waals surface area contributed by atoms with Crippen LogP contribution in [0.2, 0.25) is 0 Å². The van der Waals surface area contributed by atoms with Crippen LogP contribution >= 0.6 is 0 Å². The summed E-state index contributed by atoms with van der Waals surface area (Å²) in [5.74, 6) is -0.638. The van der Waals surface area contributed by atoms with Gasteiger partial charge in [0, 0.05) is 13.1 Å². The highest BCUT2D eigenvalue weighted by atomic mass is 16.6. The first kappa shape index (κ1) is 31.7. The molecule has 0 saturated carbocycles. The van der Waals surface area contributed by atoms with Gasteiger partial charge in [-0.3, -0.25) is 9.59 Å². The van der Waals surface area contributed by atoms with Gasteiger partial charge >= 0.3 is 6.09 Å². The Morgan fingerprint density at radius 1 is 1.00 bits per heavy atom. The van der Waals surface area contributed by atoms with Crippen molar-refractivity contribution in [1.29, 1.82) is 0 Å². The molecule has 2 aromatic carbocycles. The zero-order chi connectivity index (χ0) is 29.0. The fourth-order valence-corrected chi connectivity index (χ4v) is 4.29. The van der Waals surface area contributed by atoms with Crippen molar-refractivity contribution in [2.45, 2.75) is 91.5 Å². The minimum Gasteiger partial charge on any atom is -0.508 e. The molecule has 0 aromatic heterocycles. The van der Waals surface area contributed by atoms with Crippen molar-refractivity contribution in [2.75, 3.05) is 6.54 Å². The van der Waals surface area contributed by atoms with Crippen molar-refractivity contribution in [3.05, 3.63) is 65.7 Å². The third-order valence-electron chi connectivity index (χ3n) is 6.04. The first-order chi connectivity index (χ1) is 18.4. The van der Waals surface area contributed by atoms with Crippen LogP contribution in [0, 0.1) is 5.92 Å². The number of nitrogens with zero attached hydrogens (tertiary/aromatic N) is 1. The highest BCUT2D eigenvalue weighted by molar-refractivity contribution is 5.92. The third-order valence-corrected chi connectivity index (χ3v) is 6.04. The summed E-state index contributed by atoms with van der Waals surface area (Å²) >= 11 is 0. The van der Waals surface area contributed by atoms with Gasteiger partial charge in [-0.1, -0.05) is 76.1 Å². The second-order valence-corrected chi connectivity index (χ2v) is 11.3. The maximum atomic E-state index is 14.2. The highest BCUT2D eigenvalue weighted by Gasteiger charge is 2.36. The molecule has 0 spiro atoms. The molecule has 0 fully saturated rings. The van der Waals surface area contributed by atoms with Crippen molar-refractivity contribution < 1.29 is 24.2 Å². The fourth-order valence-electron chi connectivity index (χ4n) is 4.29. The van der Waals surface area contributed by atoms with E-state index in [9.17, 15) is 19.5 Å². The molecule has 2 unspecified atom stereocenters. The molecule has 214 valence electrons. The SMILES string of the molecule is CCCCCN(C(=O)C(CC(C)C)NC(=O)OC(C)(C)C)C(C(=O)NCc1ccccc1)c1cccc(O)c1. The number of phenolic OH excluding ortho intramolecular Hbond substituents is 1. The first-order valence-corrected chi connectivity index (χ1v) is 13.8. The van der Waals surface area contributed by atoms with Crippen LogP contribution in [-0.4, -0.2) is 46.1 Å². The number of benzene rings is 2. The number of alkyl carbamates (subject to hydrolysis) is 1. The van der Waals surface area contributed by atoms with Crippen molar-refractivity contribution in [2.24, 2.45) is 5.92 Å². The first-order valence-electron chi connectivity index (χ1n) is 13.8. The Kier molecular flexibility index (Phi) is 12.3. The Morgan fingerprint density at radius 2 is 1.69 bits per heavy atom. The molecule has 0 radical (unpaired) electrons. The smallest absolute Gasteiger partial charge is 0.408 e. The van der Waals surface area contributed by atoms with Crippen molar-refractivity contribution in [3.8, 4) is 5.75 Å². The molecule has 0 bridgehead atoms. The van der Waals surface area contributed by atoms with Gasteiger partial charge in [-0.15, -0.1) is 0 Å². The summed E-state index contributed by atoms with van der Waals surface area (Å²) in [4.78, 5) is 42.2. The Hall–Kier alpha value is -3.55. The van der Waals surface area contributed by atoms with E-state index in [1.807, 2.05) is 44.2 Å². The van der Waals surface area contributed by atoms with Crippen LogP contribution in [0.4, 0.5) is 4.79 Å². The quantitative estimate of drug-likeness (QED) is 0.283. The Balaban J connectivity index is 2.46. The predicted molar refractivity (Wildman–Crippen MR) is 153 cm³/mol. The highest BCUT2D eigenvalue weighted by Crippen LogP contribution is 2.27. The number of carbonyl (C=O) groups excluding carboxylic acids is 3. The maximum Gasteiger partial charge on any atom is 0.408 e. The molecular weight excluding hydrogens is 494 g/mol. The lowest BCUT2D eigenvalue weighted by atomic mass is 9.98. The van der Waals surface area contributed by atoms with E-state index in [0.29, 0.717) is 24.9 Å². The number of aromatic hydroxyl groups is 1. The number of unbranched alkanes of at least 4 members (excludes halogenated alkanes) is 2.